The fraction of sp³-hybridized carbons (Fsp3) is 0.0714. The monoisotopic (exact) mass is 279 g/mol. The molecule has 2 aromatic rings. The summed E-state index contributed by atoms with van der Waals surface area (Å²) >= 11 is 12.2. The van der Waals surface area contributed by atoms with Crippen LogP contribution in [0.3, 0.4) is 0 Å². The Kier molecular flexibility index (Phi) is 3.90. The van der Waals surface area contributed by atoms with Crippen molar-refractivity contribution in [2.75, 3.05) is 5.32 Å². The van der Waals surface area contributed by atoms with Gasteiger partial charge in [0.15, 0.2) is 0 Å². The van der Waals surface area contributed by atoms with Gasteiger partial charge < -0.3 is 5.32 Å². The maximum absolute atomic E-state index is 11.2. The fourth-order valence-electron chi connectivity index (χ4n) is 1.72. The van der Waals surface area contributed by atoms with Crippen LogP contribution in [-0.2, 0) is 4.79 Å². The Balaban J connectivity index is 2.58. The second kappa shape index (κ2) is 5.42. The van der Waals surface area contributed by atoms with Crippen LogP contribution in [0.5, 0.6) is 0 Å². The zero-order valence-corrected chi connectivity index (χ0v) is 11.2. The molecule has 0 saturated heterocycles. The Bertz CT molecular complexity index is 596. The summed E-state index contributed by atoms with van der Waals surface area (Å²) in [4.78, 5) is 11.2. The molecule has 0 fully saturated rings. The van der Waals surface area contributed by atoms with E-state index in [2.05, 4.69) is 5.32 Å². The van der Waals surface area contributed by atoms with Gasteiger partial charge >= 0.3 is 0 Å². The first kappa shape index (κ1) is 12.9. The van der Waals surface area contributed by atoms with Crippen LogP contribution in [0.1, 0.15) is 6.92 Å². The highest BCUT2D eigenvalue weighted by Crippen LogP contribution is 2.35. The quantitative estimate of drug-likeness (QED) is 0.854. The largest absolute Gasteiger partial charge is 0.326 e. The van der Waals surface area contributed by atoms with Gasteiger partial charge in [0.2, 0.25) is 5.91 Å². The molecule has 0 unspecified atom stereocenters. The molecule has 0 aromatic heterocycles. The normalized spacial score (nSPS) is 10.2. The lowest BCUT2D eigenvalue weighted by Gasteiger charge is -2.12. The standard InChI is InChI=1S/C14H11Cl2NO/c1-9(18)17-14-7-6-10(15)8-12(14)11-4-2-3-5-13(11)16/h2-8H,1H3,(H,17,18). The first-order valence-electron chi connectivity index (χ1n) is 5.40. The molecule has 0 saturated carbocycles. The topological polar surface area (TPSA) is 29.1 Å². The molecule has 2 rings (SSSR count). The molecule has 0 aliphatic heterocycles. The van der Waals surface area contributed by atoms with Crippen molar-refractivity contribution < 1.29 is 4.79 Å². The number of carbonyl (C=O) groups is 1. The summed E-state index contributed by atoms with van der Waals surface area (Å²) in [6, 6.07) is 12.7. The molecular weight excluding hydrogens is 269 g/mol. The average molecular weight is 280 g/mol. The molecule has 0 aliphatic carbocycles. The van der Waals surface area contributed by atoms with Gasteiger partial charge in [0.25, 0.3) is 0 Å². The second-order valence-electron chi connectivity index (χ2n) is 3.85. The number of nitrogens with one attached hydrogen (secondary N) is 1. The predicted molar refractivity (Wildman–Crippen MR) is 76.2 cm³/mol. The molecule has 0 bridgehead atoms. The zero-order valence-electron chi connectivity index (χ0n) is 9.71. The van der Waals surface area contributed by atoms with Crippen molar-refractivity contribution in [3.63, 3.8) is 0 Å². The summed E-state index contributed by atoms with van der Waals surface area (Å²) in [5.74, 6) is -0.134. The van der Waals surface area contributed by atoms with E-state index >= 15 is 0 Å². The third kappa shape index (κ3) is 2.84. The molecule has 0 radical (unpaired) electrons. The van der Waals surface area contributed by atoms with E-state index in [0.717, 1.165) is 11.1 Å². The summed E-state index contributed by atoms with van der Waals surface area (Å²) in [5.41, 5.74) is 2.34. The number of anilines is 1. The van der Waals surface area contributed by atoms with Crippen molar-refractivity contribution in [2.45, 2.75) is 6.92 Å². The summed E-state index contributed by atoms with van der Waals surface area (Å²) in [6.45, 7) is 1.46. The van der Waals surface area contributed by atoms with E-state index in [1.165, 1.54) is 6.92 Å². The lowest BCUT2D eigenvalue weighted by Crippen LogP contribution is -2.06. The molecule has 18 heavy (non-hydrogen) atoms. The van der Waals surface area contributed by atoms with E-state index in [-0.39, 0.29) is 5.91 Å². The first-order chi connectivity index (χ1) is 8.58. The lowest BCUT2D eigenvalue weighted by atomic mass is 10.0. The van der Waals surface area contributed by atoms with Gasteiger partial charge in [-0.2, -0.15) is 0 Å². The van der Waals surface area contributed by atoms with Gasteiger partial charge in [0.05, 0.1) is 0 Å². The van der Waals surface area contributed by atoms with Gasteiger partial charge in [0, 0.05) is 33.8 Å². The Morgan fingerprint density at radius 2 is 1.78 bits per heavy atom. The Hall–Kier alpha value is -1.51. The SMILES string of the molecule is CC(=O)Nc1ccc(Cl)cc1-c1ccccc1Cl. The van der Waals surface area contributed by atoms with Gasteiger partial charge in [-0.25, -0.2) is 0 Å². The number of rotatable bonds is 2. The average Bonchev–Trinajstić information content (AvgIpc) is 2.32. The van der Waals surface area contributed by atoms with Crippen molar-refractivity contribution in [1.29, 1.82) is 0 Å². The summed E-state index contributed by atoms with van der Waals surface area (Å²) in [6.07, 6.45) is 0. The Morgan fingerprint density at radius 3 is 2.44 bits per heavy atom. The number of carbonyl (C=O) groups excluding carboxylic acids is 1. The minimum absolute atomic E-state index is 0.134. The van der Waals surface area contributed by atoms with Gasteiger partial charge in [-0.3, -0.25) is 4.79 Å². The molecule has 92 valence electrons. The van der Waals surface area contributed by atoms with E-state index in [9.17, 15) is 4.79 Å². The summed E-state index contributed by atoms with van der Waals surface area (Å²) in [7, 11) is 0. The van der Waals surface area contributed by atoms with Crippen LogP contribution in [-0.4, -0.2) is 5.91 Å². The molecule has 0 heterocycles. The van der Waals surface area contributed by atoms with Crippen LogP contribution < -0.4 is 5.32 Å². The zero-order chi connectivity index (χ0) is 13.1. The number of benzene rings is 2. The summed E-state index contributed by atoms with van der Waals surface area (Å²) < 4.78 is 0. The highest BCUT2D eigenvalue weighted by atomic mass is 35.5. The van der Waals surface area contributed by atoms with Crippen molar-refractivity contribution in [3.8, 4) is 11.1 Å². The first-order valence-corrected chi connectivity index (χ1v) is 6.15. The van der Waals surface area contributed by atoms with Crippen molar-refractivity contribution in [1.82, 2.24) is 0 Å². The lowest BCUT2D eigenvalue weighted by molar-refractivity contribution is -0.114. The Labute approximate surface area is 116 Å². The van der Waals surface area contributed by atoms with Gasteiger partial charge in [-0.1, -0.05) is 41.4 Å². The van der Waals surface area contributed by atoms with E-state index < -0.39 is 0 Å². The third-order valence-electron chi connectivity index (χ3n) is 2.46. The van der Waals surface area contributed by atoms with Gasteiger partial charge in [0.1, 0.15) is 0 Å². The van der Waals surface area contributed by atoms with Crippen LogP contribution >= 0.6 is 23.2 Å². The van der Waals surface area contributed by atoms with Crippen LogP contribution in [0.2, 0.25) is 10.0 Å². The fourth-order valence-corrected chi connectivity index (χ4v) is 2.13. The highest BCUT2D eigenvalue weighted by molar-refractivity contribution is 6.34. The third-order valence-corrected chi connectivity index (χ3v) is 3.02. The van der Waals surface area contributed by atoms with Crippen molar-refractivity contribution >= 4 is 34.8 Å². The molecule has 0 atom stereocenters. The van der Waals surface area contributed by atoms with Crippen LogP contribution in [0.25, 0.3) is 11.1 Å². The molecular formula is C14H11Cl2NO. The van der Waals surface area contributed by atoms with E-state index in [0.29, 0.717) is 15.7 Å². The molecule has 1 N–H and O–H groups in total. The van der Waals surface area contributed by atoms with Gasteiger partial charge in [-0.05, 0) is 24.3 Å². The van der Waals surface area contributed by atoms with Gasteiger partial charge in [-0.15, -0.1) is 0 Å². The second-order valence-corrected chi connectivity index (χ2v) is 4.69. The van der Waals surface area contributed by atoms with E-state index in [1.807, 2.05) is 18.2 Å². The molecule has 0 spiro atoms. The minimum atomic E-state index is -0.134. The van der Waals surface area contributed by atoms with E-state index in [4.69, 9.17) is 23.2 Å². The summed E-state index contributed by atoms with van der Waals surface area (Å²) in [5, 5.41) is 3.98. The number of hydrogen-bond donors (Lipinski definition) is 1. The molecule has 0 aliphatic rings. The molecule has 2 nitrogen and oxygen atoms in total. The smallest absolute Gasteiger partial charge is 0.221 e. The number of halogens is 2. The van der Waals surface area contributed by atoms with Crippen LogP contribution in [0.4, 0.5) is 5.69 Å². The van der Waals surface area contributed by atoms with E-state index in [1.54, 1.807) is 24.3 Å². The molecule has 1 amide bonds. The highest BCUT2D eigenvalue weighted by Gasteiger charge is 2.10. The maximum atomic E-state index is 11.2. The number of hydrogen-bond acceptors (Lipinski definition) is 1. The van der Waals surface area contributed by atoms with Crippen molar-refractivity contribution in [3.05, 3.63) is 52.5 Å². The molecule has 2 aromatic carbocycles. The number of amides is 1. The van der Waals surface area contributed by atoms with Crippen molar-refractivity contribution in [2.24, 2.45) is 0 Å². The maximum Gasteiger partial charge on any atom is 0.221 e. The minimum Gasteiger partial charge on any atom is -0.326 e. The van der Waals surface area contributed by atoms with Crippen LogP contribution in [0, 0.1) is 0 Å². The molecule has 4 heteroatoms. The Morgan fingerprint density at radius 1 is 1.06 bits per heavy atom. The van der Waals surface area contributed by atoms with Crippen LogP contribution in [0.15, 0.2) is 42.5 Å². The predicted octanol–water partition coefficient (Wildman–Crippen LogP) is 4.62.